The molecule has 2 saturated heterocycles. The number of allylic oxidation sites excluding steroid dienone is 2. The number of phenolic OH excluding ortho intramolecular Hbond substituents is 1. The molecule has 6 rings (SSSR count). The van der Waals surface area contributed by atoms with Crippen LogP contribution in [0.5, 0.6) is 5.75 Å². The summed E-state index contributed by atoms with van der Waals surface area (Å²) in [5, 5.41) is 10.8. The van der Waals surface area contributed by atoms with E-state index in [1.54, 1.807) is 0 Å². The molecule has 2 aliphatic carbocycles. The Morgan fingerprint density at radius 2 is 1.50 bits per heavy atom. The summed E-state index contributed by atoms with van der Waals surface area (Å²) >= 11 is 13.9. The Kier molecular flexibility index (Phi) is 6.64. The van der Waals surface area contributed by atoms with E-state index >= 15 is 0 Å². The number of fused-ring (bicyclic) bond motifs is 4. The van der Waals surface area contributed by atoms with Crippen LogP contribution in [0.2, 0.25) is 0 Å². The highest BCUT2D eigenvalue weighted by molar-refractivity contribution is 6.58. The van der Waals surface area contributed by atoms with Crippen LogP contribution >= 0.6 is 23.2 Å². The molecule has 0 aromatic heterocycles. The van der Waals surface area contributed by atoms with Crippen LogP contribution in [-0.2, 0) is 23.9 Å². The molecular weight excluding hydrogens is 642 g/mol. The van der Waals surface area contributed by atoms with Crippen LogP contribution < -0.4 is 4.90 Å². The molecule has 0 bridgehead atoms. The Balaban J connectivity index is 1.60. The molecule has 1 N–H and O–H groups in total. The quantitative estimate of drug-likeness (QED) is 0.127. The number of hydrogen-bond donors (Lipinski definition) is 1. The molecule has 5 amide bonds. The number of para-hydroxylation sites is 1. The number of halogens is 7. The van der Waals surface area contributed by atoms with E-state index in [0.717, 1.165) is 7.11 Å². The summed E-state index contributed by atoms with van der Waals surface area (Å²) in [5.41, 5.74) is -1.93. The molecule has 2 aromatic rings. The lowest BCUT2D eigenvalue weighted by Gasteiger charge is -2.50. The molecule has 6 unspecified atom stereocenters. The fraction of sp³-hybridized carbons (Fsp3) is 0.321. The van der Waals surface area contributed by atoms with Crippen molar-refractivity contribution in [2.75, 3.05) is 12.0 Å². The summed E-state index contributed by atoms with van der Waals surface area (Å²) < 4.78 is 76.9. The highest BCUT2D eigenvalue weighted by Crippen LogP contribution is 2.66. The standard InChI is InChI=1S/C28H17Cl2F5N2O7/c1-44-26(43)37-22(39)11-7-6-9-12(14(11)23(37)40)8-27(29)24(41)36(21-19(34)17(32)16(31)18(33)20(21)35)25(42)28(27,30)15(9)10-4-2-3-5-13(10)38/h2-6,11-12,14-15,38H,7-8H2,1H3. The third-order valence-corrected chi connectivity index (χ3v) is 10.2. The zero-order chi connectivity index (χ0) is 32.2. The largest absolute Gasteiger partial charge is 0.508 e. The molecular formula is C28H17Cl2F5N2O7. The minimum Gasteiger partial charge on any atom is -0.508 e. The molecule has 3 fully saturated rings. The molecule has 0 radical (unpaired) electrons. The molecule has 2 heterocycles. The van der Waals surface area contributed by atoms with Gasteiger partial charge in [0.1, 0.15) is 11.4 Å². The number of imide groups is 4. The number of carbonyl (C=O) groups is 5. The van der Waals surface area contributed by atoms with Gasteiger partial charge in [0.05, 0.1) is 18.9 Å². The van der Waals surface area contributed by atoms with Crippen LogP contribution in [0, 0.1) is 46.8 Å². The molecule has 2 aromatic carbocycles. The van der Waals surface area contributed by atoms with Gasteiger partial charge in [-0.1, -0.05) is 29.8 Å². The Bertz CT molecular complexity index is 1740. The van der Waals surface area contributed by atoms with Crippen molar-refractivity contribution in [3.63, 3.8) is 0 Å². The molecule has 2 aliphatic heterocycles. The maximum absolute atomic E-state index is 15.0. The smallest absolute Gasteiger partial charge is 0.423 e. The van der Waals surface area contributed by atoms with Crippen molar-refractivity contribution < 1.29 is 55.8 Å². The van der Waals surface area contributed by atoms with Gasteiger partial charge >= 0.3 is 6.09 Å². The second-order valence-electron chi connectivity index (χ2n) is 10.7. The predicted octanol–water partition coefficient (Wildman–Crippen LogP) is 4.42. The zero-order valence-electron chi connectivity index (χ0n) is 22.0. The van der Waals surface area contributed by atoms with Crippen LogP contribution in [-0.4, -0.2) is 56.6 Å². The maximum Gasteiger partial charge on any atom is 0.423 e. The minimum atomic E-state index is -2.77. The number of aromatic hydroxyl groups is 1. The van der Waals surface area contributed by atoms with E-state index in [1.807, 2.05) is 0 Å². The predicted molar refractivity (Wildman–Crippen MR) is 139 cm³/mol. The summed E-state index contributed by atoms with van der Waals surface area (Å²) in [7, 11) is 0.940. The van der Waals surface area contributed by atoms with Crippen molar-refractivity contribution in [1.29, 1.82) is 0 Å². The number of alkyl halides is 2. The van der Waals surface area contributed by atoms with Crippen molar-refractivity contribution in [2.24, 2.45) is 17.8 Å². The molecule has 9 nitrogen and oxygen atoms in total. The van der Waals surface area contributed by atoms with Gasteiger partial charge in [-0.3, -0.25) is 19.2 Å². The van der Waals surface area contributed by atoms with Crippen LogP contribution in [0.25, 0.3) is 0 Å². The lowest BCUT2D eigenvalue weighted by atomic mass is 9.56. The second kappa shape index (κ2) is 9.73. The lowest BCUT2D eigenvalue weighted by Crippen LogP contribution is -2.60. The summed E-state index contributed by atoms with van der Waals surface area (Å²) in [5.74, 6) is -23.6. The highest BCUT2D eigenvalue weighted by Gasteiger charge is 2.77. The van der Waals surface area contributed by atoms with E-state index in [-0.39, 0.29) is 27.4 Å². The number of anilines is 1. The number of nitrogens with zero attached hydrogens (tertiary/aromatic N) is 2. The van der Waals surface area contributed by atoms with Gasteiger partial charge in [-0.2, -0.15) is 4.90 Å². The Labute approximate surface area is 253 Å². The van der Waals surface area contributed by atoms with Crippen molar-refractivity contribution in [3.8, 4) is 5.75 Å². The lowest BCUT2D eigenvalue weighted by molar-refractivity contribution is -0.138. The number of carbonyl (C=O) groups excluding carboxylic acids is 5. The van der Waals surface area contributed by atoms with Gasteiger partial charge in [0.15, 0.2) is 33.0 Å². The molecule has 16 heteroatoms. The van der Waals surface area contributed by atoms with E-state index in [1.165, 1.54) is 30.3 Å². The average Bonchev–Trinajstić information content (AvgIpc) is 3.34. The molecule has 230 valence electrons. The molecule has 1 saturated carbocycles. The van der Waals surface area contributed by atoms with Crippen LogP contribution in [0.4, 0.5) is 32.4 Å². The second-order valence-corrected chi connectivity index (χ2v) is 12.0. The average molecular weight is 659 g/mol. The van der Waals surface area contributed by atoms with E-state index in [9.17, 15) is 51.0 Å². The monoisotopic (exact) mass is 658 g/mol. The molecule has 0 spiro atoms. The van der Waals surface area contributed by atoms with Crippen molar-refractivity contribution in [3.05, 3.63) is 70.6 Å². The number of methoxy groups -OCH3 is 1. The van der Waals surface area contributed by atoms with Crippen LogP contribution in [0.3, 0.4) is 0 Å². The summed E-state index contributed by atoms with van der Waals surface area (Å²) in [6, 6.07) is 5.29. The van der Waals surface area contributed by atoms with Gasteiger partial charge in [0.25, 0.3) is 11.8 Å². The van der Waals surface area contributed by atoms with Gasteiger partial charge < -0.3 is 9.84 Å². The fourth-order valence-electron chi connectivity index (χ4n) is 6.92. The summed E-state index contributed by atoms with van der Waals surface area (Å²) in [6.45, 7) is 0. The van der Waals surface area contributed by atoms with Gasteiger partial charge in [0, 0.05) is 11.5 Å². The number of phenols is 1. The number of rotatable bonds is 2. The SMILES string of the molecule is COC(=O)N1C(=O)C2CC=C3C(CC4(Cl)C(=O)N(c5c(F)c(F)c(F)c(F)c5F)C(=O)C4(Cl)C3c3ccccc3O)C2C1=O. The van der Waals surface area contributed by atoms with Gasteiger partial charge in [-0.15, -0.1) is 23.2 Å². The summed E-state index contributed by atoms with van der Waals surface area (Å²) in [6.07, 6.45) is -0.779. The first kappa shape index (κ1) is 30.0. The normalized spacial score (nSPS) is 31.1. The van der Waals surface area contributed by atoms with E-state index in [0.29, 0.717) is 0 Å². The Morgan fingerprint density at radius 3 is 2.09 bits per heavy atom. The Hall–Kier alpha value is -4.04. The highest BCUT2D eigenvalue weighted by atomic mass is 35.5. The number of hydrogen-bond acceptors (Lipinski definition) is 7. The fourth-order valence-corrected chi connectivity index (χ4v) is 7.84. The van der Waals surface area contributed by atoms with E-state index in [2.05, 4.69) is 4.74 Å². The zero-order valence-corrected chi connectivity index (χ0v) is 23.6. The maximum atomic E-state index is 15.0. The number of benzene rings is 2. The number of amides is 5. The number of likely N-dealkylation sites (tertiary alicyclic amines) is 1. The van der Waals surface area contributed by atoms with Gasteiger partial charge in [-0.25, -0.2) is 31.6 Å². The first-order chi connectivity index (χ1) is 20.6. The first-order valence-corrected chi connectivity index (χ1v) is 13.6. The summed E-state index contributed by atoms with van der Waals surface area (Å²) in [4.78, 5) is 61.4. The first-order valence-electron chi connectivity index (χ1n) is 12.9. The van der Waals surface area contributed by atoms with Crippen molar-refractivity contribution in [2.45, 2.75) is 28.5 Å². The molecule has 6 atom stereocenters. The van der Waals surface area contributed by atoms with Crippen molar-refractivity contribution >= 4 is 58.6 Å². The minimum absolute atomic E-state index is 0.118. The van der Waals surface area contributed by atoms with Crippen LogP contribution in [0.1, 0.15) is 24.3 Å². The topological polar surface area (TPSA) is 121 Å². The van der Waals surface area contributed by atoms with Crippen LogP contribution in [0.15, 0.2) is 35.9 Å². The van der Waals surface area contributed by atoms with E-state index in [4.69, 9.17) is 23.2 Å². The van der Waals surface area contributed by atoms with Gasteiger partial charge in [-0.05, 0) is 24.8 Å². The molecule has 44 heavy (non-hydrogen) atoms. The molecule has 4 aliphatic rings. The number of ether oxygens (including phenoxy) is 1. The third-order valence-electron chi connectivity index (χ3n) is 8.83. The Morgan fingerprint density at radius 1 is 0.909 bits per heavy atom. The van der Waals surface area contributed by atoms with Crippen molar-refractivity contribution in [1.82, 2.24) is 4.90 Å². The van der Waals surface area contributed by atoms with Gasteiger partial charge in [0.2, 0.25) is 17.6 Å². The third kappa shape index (κ3) is 3.49. The van der Waals surface area contributed by atoms with E-state index < -0.39 is 110 Å².